The first-order chi connectivity index (χ1) is 11.3. The molecule has 0 unspecified atom stereocenters. The number of halogens is 2. The van der Waals surface area contributed by atoms with E-state index in [-0.39, 0.29) is 23.6 Å². The molecular weight excluding hydrogens is 389 g/mol. The molecule has 0 amide bonds. The van der Waals surface area contributed by atoms with Crippen molar-refractivity contribution >= 4 is 32.9 Å². The van der Waals surface area contributed by atoms with E-state index in [9.17, 15) is 9.50 Å². The maximum atomic E-state index is 14.4. The van der Waals surface area contributed by atoms with Crippen LogP contribution in [-0.2, 0) is 4.74 Å². The fourth-order valence-corrected chi connectivity index (χ4v) is 3.04. The molecule has 1 saturated heterocycles. The Hall–Kier alpha value is -1.56. The molecule has 0 aromatic carbocycles. The van der Waals surface area contributed by atoms with Gasteiger partial charge in [-0.05, 0) is 29.8 Å². The van der Waals surface area contributed by atoms with Crippen LogP contribution in [-0.4, -0.2) is 61.1 Å². The molecule has 1 fully saturated rings. The molecule has 0 saturated carbocycles. The number of aromatic nitrogens is 4. The van der Waals surface area contributed by atoms with Crippen molar-refractivity contribution in [1.29, 1.82) is 0 Å². The Balaban J connectivity index is 2.12. The van der Waals surface area contributed by atoms with Gasteiger partial charge in [-0.25, -0.2) is 9.07 Å². The van der Waals surface area contributed by atoms with Gasteiger partial charge in [0.15, 0.2) is 18.0 Å². The van der Waals surface area contributed by atoms with Crippen molar-refractivity contribution in [3.8, 4) is 5.88 Å². The normalized spacial score (nSPS) is 27.3. The van der Waals surface area contributed by atoms with Crippen LogP contribution in [0.3, 0.4) is 0 Å². The minimum Gasteiger partial charge on any atom is -0.474 e. The number of rotatable bonds is 4. The highest BCUT2D eigenvalue weighted by Crippen LogP contribution is 2.37. The third kappa shape index (κ3) is 2.81. The summed E-state index contributed by atoms with van der Waals surface area (Å²) in [6, 6.07) is 0. The smallest absolute Gasteiger partial charge is 0.231 e. The third-order valence-corrected chi connectivity index (χ3v) is 4.11. The van der Waals surface area contributed by atoms with Gasteiger partial charge in [0.2, 0.25) is 11.8 Å². The summed E-state index contributed by atoms with van der Waals surface area (Å²) in [7, 11) is 0. The molecule has 0 aliphatic carbocycles. The van der Waals surface area contributed by atoms with Gasteiger partial charge in [0.25, 0.3) is 0 Å². The lowest BCUT2D eigenvalue weighted by atomic mass is 10.1. The highest BCUT2D eigenvalue weighted by atomic mass is 79.9. The molecule has 1 aliphatic heterocycles. The predicted molar refractivity (Wildman–Crippen MR) is 85.1 cm³/mol. The molecule has 4 atom stereocenters. The fraction of sp³-hybridized carbons (Fsp3) is 0.615. The number of nitrogens with zero attached hydrogens (tertiary/aromatic N) is 4. The van der Waals surface area contributed by atoms with Crippen molar-refractivity contribution in [3.05, 3.63) is 4.60 Å². The fourth-order valence-electron chi connectivity index (χ4n) is 2.52. The van der Waals surface area contributed by atoms with Gasteiger partial charge in [0.05, 0.1) is 12.7 Å². The minimum atomic E-state index is -1.79. The van der Waals surface area contributed by atoms with Crippen LogP contribution in [0.1, 0.15) is 20.1 Å². The van der Waals surface area contributed by atoms with E-state index in [1.165, 1.54) is 0 Å². The van der Waals surface area contributed by atoms with Crippen LogP contribution in [0.5, 0.6) is 5.88 Å². The molecule has 9 nitrogen and oxygen atoms in total. The molecule has 2 aromatic heterocycles. The number of nitrogen functional groups attached to an aromatic ring is 1. The molecule has 0 radical (unpaired) electrons. The second kappa shape index (κ2) is 6.39. The first kappa shape index (κ1) is 17.3. The lowest BCUT2D eigenvalue weighted by Crippen LogP contribution is -2.30. The number of hydrogen-bond acceptors (Lipinski definition) is 8. The Morgan fingerprint density at radius 2 is 2.17 bits per heavy atom. The summed E-state index contributed by atoms with van der Waals surface area (Å²) in [6.07, 6.45) is -5.73. The van der Waals surface area contributed by atoms with Gasteiger partial charge in [-0.3, -0.25) is 0 Å². The average Bonchev–Trinajstić information content (AvgIpc) is 2.97. The van der Waals surface area contributed by atoms with Crippen LogP contribution < -0.4 is 10.5 Å². The molecule has 0 bridgehead atoms. The quantitative estimate of drug-likeness (QED) is 0.672. The van der Waals surface area contributed by atoms with Crippen molar-refractivity contribution in [3.63, 3.8) is 0 Å². The molecule has 3 rings (SSSR count). The van der Waals surface area contributed by atoms with E-state index in [0.717, 1.165) is 4.68 Å². The van der Waals surface area contributed by atoms with E-state index in [4.69, 9.17) is 20.3 Å². The highest BCUT2D eigenvalue weighted by Gasteiger charge is 2.46. The molecule has 3 heterocycles. The van der Waals surface area contributed by atoms with Crippen molar-refractivity contribution in [2.45, 2.75) is 44.6 Å². The third-order valence-electron chi connectivity index (χ3n) is 3.55. The van der Waals surface area contributed by atoms with Crippen LogP contribution in [0.25, 0.3) is 11.0 Å². The van der Waals surface area contributed by atoms with Crippen molar-refractivity contribution in [1.82, 2.24) is 19.7 Å². The monoisotopic (exact) mass is 405 g/mol. The Morgan fingerprint density at radius 1 is 1.46 bits per heavy atom. The van der Waals surface area contributed by atoms with Crippen LogP contribution in [0, 0.1) is 0 Å². The van der Waals surface area contributed by atoms with E-state index < -0.39 is 31.2 Å². The Bertz CT molecular complexity index is 758. The van der Waals surface area contributed by atoms with E-state index >= 15 is 0 Å². The second-order valence-corrected chi connectivity index (χ2v) is 6.42. The standard InChI is InChI=1S/C13H17BrFN5O4/c1-4(2)23-11-6-9(14)19-20(10(6)17-13(16)18-11)12-7(15)8(22)5(3-21)24-12/h4-5,7-8,12,21-22H,3H2,1-2H3,(H2,16,17,18)/t5-,7+,8-,12-/m1/s1. The largest absolute Gasteiger partial charge is 0.474 e. The molecule has 4 N–H and O–H groups in total. The second-order valence-electron chi connectivity index (χ2n) is 5.67. The molecule has 0 spiro atoms. The van der Waals surface area contributed by atoms with Crippen molar-refractivity contribution in [2.24, 2.45) is 0 Å². The summed E-state index contributed by atoms with van der Waals surface area (Å²) in [5.41, 5.74) is 5.91. The summed E-state index contributed by atoms with van der Waals surface area (Å²) in [5.74, 6) is 0.137. The highest BCUT2D eigenvalue weighted by molar-refractivity contribution is 9.10. The van der Waals surface area contributed by atoms with Gasteiger partial charge in [-0.1, -0.05) is 0 Å². The van der Waals surface area contributed by atoms with Crippen molar-refractivity contribution < 1.29 is 24.1 Å². The van der Waals surface area contributed by atoms with E-state index in [1.807, 2.05) is 13.8 Å². The maximum absolute atomic E-state index is 14.4. The van der Waals surface area contributed by atoms with Crippen LogP contribution in [0.2, 0.25) is 0 Å². The van der Waals surface area contributed by atoms with Gasteiger partial charge in [-0.15, -0.1) is 0 Å². The molecule has 1 aliphatic rings. The summed E-state index contributed by atoms with van der Waals surface area (Å²) < 4.78 is 26.9. The lowest BCUT2D eigenvalue weighted by Gasteiger charge is -2.14. The lowest BCUT2D eigenvalue weighted by molar-refractivity contribution is -0.0506. The van der Waals surface area contributed by atoms with Crippen LogP contribution in [0.4, 0.5) is 10.3 Å². The van der Waals surface area contributed by atoms with Crippen molar-refractivity contribution in [2.75, 3.05) is 12.3 Å². The maximum Gasteiger partial charge on any atom is 0.231 e. The topological polar surface area (TPSA) is 129 Å². The number of anilines is 1. The first-order valence-corrected chi connectivity index (χ1v) is 8.09. The molecule has 24 heavy (non-hydrogen) atoms. The Labute approximate surface area is 144 Å². The number of fused-ring (bicyclic) bond motifs is 1. The molecular formula is C13H17BrFN5O4. The zero-order valence-corrected chi connectivity index (χ0v) is 14.5. The molecule has 132 valence electrons. The van der Waals surface area contributed by atoms with Gasteiger partial charge in [0, 0.05) is 0 Å². The molecule has 11 heteroatoms. The summed E-state index contributed by atoms with van der Waals surface area (Å²) in [4.78, 5) is 8.13. The average molecular weight is 406 g/mol. The van der Waals surface area contributed by atoms with E-state index in [2.05, 4.69) is 31.0 Å². The summed E-state index contributed by atoms with van der Waals surface area (Å²) in [5, 5.41) is 23.6. The minimum absolute atomic E-state index is 0.0699. The van der Waals surface area contributed by atoms with Gasteiger partial charge >= 0.3 is 0 Å². The Kier molecular flexibility index (Phi) is 4.60. The number of ether oxygens (including phenoxy) is 2. The first-order valence-electron chi connectivity index (χ1n) is 7.29. The number of nitrogens with two attached hydrogens (primary N) is 1. The number of hydrogen-bond donors (Lipinski definition) is 3. The number of aliphatic hydroxyl groups excluding tert-OH is 2. The SMILES string of the molecule is CC(C)Oc1nc(N)nc2c1c(Br)nn2[C@@H]1O[C@H](CO)[C@@H](O)[C@@H]1F. The number of aliphatic hydroxyl groups is 2. The predicted octanol–water partition coefficient (Wildman–Crippen LogP) is 0.547. The number of alkyl halides is 1. The van der Waals surface area contributed by atoms with Crippen LogP contribution in [0.15, 0.2) is 4.60 Å². The van der Waals surface area contributed by atoms with Gasteiger partial charge in [-0.2, -0.15) is 15.1 Å². The molecule has 2 aromatic rings. The Morgan fingerprint density at radius 3 is 2.75 bits per heavy atom. The summed E-state index contributed by atoms with van der Waals surface area (Å²) in [6.45, 7) is 3.13. The summed E-state index contributed by atoms with van der Waals surface area (Å²) >= 11 is 3.27. The van der Waals surface area contributed by atoms with Gasteiger partial charge < -0.3 is 25.4 Å². The zero-order chi connectivity index (χ0) is 17.6. The van der Waals surface area contributed by atoms with Crippen LogP contribution >= 0.6 is 15.9 Å². The van der Waals surface area contributed by atoms with Gasteiger partial charge in [0.1, 0.15) is 22.2 Å². The van der Waals surface area contributed by atoms with E-state index in [1.54, 1.807) is 0 Å². The zero-order valence-electron chi connectivity index (χ0n) is 12.9. The van der Waals surface area contributed by atoms with E-state index in [0.29, 0.717) is 9.99 Å².